The van der Waals surface area contributed by atoms with E-state index in [0.29, 0.717) is 0 Å². The van der Waals surface area contributed by atoms with E-state index in [1.165, 1.54) is 32.5 Å². The summed E-state index contributed by atoms with van der Waals surface area (Å²) in [6.07, 6.45) is -3.31. The van der Waals surface area contributed by atoms with Crippen molar-refractivity contribution in [1.29, 1.82) is 0 Å². The number of alkyl halides is 3. The molecule has 0 fully saturated rings. The lowest BCUT2D eigenvalue weighted by Gasteiger charge is -2.08. The molecule has 0 aliphatic carbocycles. The molecule has 0 unspecified atom stereocenters. The lowest BCUT2D eigenvalue weighted by atomic mass is 10.2. The molecule has 1 amide bonds. The molecular weight excluding hydrogens is 325 g/mol. The van der Waals surface area contributed by atoms with Crippen LogP contribution >= 0.6 is 11.6 Å². The van der Waals surface area contributed by atoms with Gasteiger partial charge in [0, 0.05) is 13.2 Å². The molecule has 0 aliphatic heterocycles. The first kappa shape index (κ1) is 16.1. The van der Waals surface area contributed by atoms with Crippen LogP contribution in [0.4, 0.5) is 19.0 Å². The van der Waals surface area contributed by atoms with Crippen LogP contribution in [0.1, 0.15) is 16.1 Å². The van der Waals surface area contributed by atoms with Crippen molar-refractivity contribution < 1.29 is 22.7 Å². The van der Waals surface area contributed by atoms with Gasteiger partial charge in [0.05, 0.1) is 7.11 Å². The molecule has 0 atom stereocenters. The minimum absolute atomic E-state index is 0.0364. The summed E-state index contributed by atoms with van der Waals surface area (Å²) in [6.45, 7) is 0. The van der Waals surface area contributed by atoms with Gasteiger partial charge in [-0.15, -0.1) is 0 Å². The number of rotatable bonds is 3. The Bertz CT molecular complexity index is 715. The van der Waals surface area contributed by atoms with Crippen molar-refractivity contribution in [2.24, 2.45) is 7.05 Å². The number of aryl methyl sites for hydroxylation is 1. The molecule has 10 heteroatoms. The molecule has 0 saturated heterocycles. The molecule has 22 heavy (non-hydrogen) atoms. The first-order valence-corrected chi connectivity index (χ1v) is 6.23. The quantitative estimate of drug-likeness (QED) is 0.937. The molecular formula is C12H10ClF3N4O2. The Morgan fingerprint density at radius 2 is 2.14 bits per heavy atom. The maximum absolute atomic E-state index is 12.7. The predicted molar refractivity (Wildman–Crippen MR) is 72.0 cm³/mol. The minimum Gasteiger partial charge on any atom is -0.480 e. The number of nitrogens with zero attached hydrogens (tertiary/aromatic N) is 3. The molecule has 2 aromatic rings. The summed E-state index contributed by atoms with van der Waals surface area (Å²) >= 11 is 5.65. The van der Waals surface area contributed by atoms with Gasteiger partial charge in [0.1, 0.15) is 10.6 Å². The van der Waals surface area contributed by atoms with Gasteiger partial charge >= 0.3 is 6.18 Å². The fraction of sp³-hybridized carbons (Fsp3) is 0.250. The monoisotopic (exact) mass is 334 g/mol. The number of nitrogens with one attached hydrogen (secondary N) is 1. The second-order valence-electron chi connectivity index (χ2n) is 4.15. The van der Waals surface area contributed by atoms with Gasteiger partial charge in [-0.2, -0.15) is 18.3 Å². The van der Waals surface area contributed by atoms with Crippen LogP contribution in [0.2, 0.25) is 5.02 Å². The van der Waals surface area contributed by atoms with E-state index >= 15 is 0 Å². The van der Waals surface area contributed by atoms with Crippen LogP contribution in [-0.4, -0.2) is 27.8 Å². The van der Waals surface area contributed by atoms with Crippen LogP contribution in [0.25, 0.3) is 0 Å². The number of methoxy groups -OCH3 is 1. The first-order valence-electron chi connectivity index (χ1n) is 5.85. The lowest BCUT2D eigenvalue weighted by molar-refractivity contribution is -0.141. The zero-order valence-corrected chi connectivity index (χ0v) is 12.2. The SMILES string of the molecule is COc1ncccc1C(=O)Nc1c(Cl)c(C(F)(F)F)nn1C. The second-order valence-corrected chi connectivity index (χ2v) is 4.52. The van der Waals surface area contributed by atoms with E-state index in [2.05, 4.69) is 15.4 Å². The van der Waals surface area contributed by atoms with Gasteiger partial charge in [-0.05, 0) is 12.1 Å². The van der Waals surface area contributed by atoms with Crippen molar-refractivity contribution in [3.8, 4) is 5.88 Å². The Morgan fingerprint density at radius 3 is 2.68 bits per heavy atom. The highest BCUT2D eigenvalue weighted by molar-refractivity contribution is 6.34. The van der Waals surface area contributed by atoms with Gasteiger partial charge in [-0.1, -0.05) is 11.6 Å². The number of carbonyl (C=O) groups is 1. The standard InChI is InChI=1S/C12H10ClF3N4O2/c1-20-9(7(13)8(19-20)12(14,15)16)18-10(21)6-4-3-5-17-11(6)22-2/h3-5H,1-2H3,(H,18,21). The number of amides is 1. The average molecular weight is 335 g/mol. The fourth-order valence-corrected chi connectivity index (χ4v) is 2.03. The summed E-state index contributed by atoms with van der Waals surface area (Å²) < 4.78 is 43.9. The van der Waals surface area contributed by atoms with E-state index in [4.69, 9.17) is 16.3 Å². The van der Waals surface area contributed by atoms with Crippen LogP contribution in [0.5, 0.6) is 5.88 Å². The predicted octanol–water partition coefficient (Wildman–Crippen LogP) is 2.75. The molecule has 0 aromatic carbocycles. The van der Waals surface area contributed by atoms with E-state index < -0.39 is 22.8 Å². The number of hydrogen-bond donors (Lipinski definition) is 1. The molecule has 0 aliphatic rings. The van der Waals surface area contributed by atoms with Crippen molar-refractivity contribution in [2.45, 2.75) is 6.18 Å². The molecule has 0 radical (unpaired) electrons. The third-order valence-corrected chi connectivity index (χ3v) is 3.06. The first-order chi connectivity index (χ1) is 10.3. The Labute approximate surface area is 127 Å². The molecule has 6 nitrogen and oxygen atoms in total. The molecule has 1 N–H and O–H groups in total. The van der Waals surface area contributed by atoms with Gasteiger partial charge in [0.15, 0.2) is 11.5 Å². The molecule has 118 valence electrons. The fourth-order valence-electron chi connectivity index (χ4n) is 1.72. The second kappa shape index (κ2) is 5.84. The molecule has 0 saturated carbocycles. The summed E-state index contributed by atoms with van der Waals surface area (Å²) in [5.41, 5.74) is -1.22. The van der Waals surface area contributed by atoms with Gasteiger partial charge < -0.3 is 10.1 Å². The largest absolute Gasteiger partial charge is 0.480 e. The zero-order valence-electron chi connectivity index (χ0n) is 11.4. The van der Waals surface area contributed by atoms with Crippen LogP contribution in [-0.2, 0) is 13.2 Å². The van der Waals surface area contributed by atoms with E-state index in [-0.39, 0.29) is 17.3 Å². The smallest absolute Gasteiger partial charge is 0.436 e. The Kier molecular flexibility index (Phi) is 4.27. The maximum atomic E-state index is 12.7. The lowest BCUT2D eigenvalue weighted by Crippen LogP contribution is -2.16. The van der Waals surface area contributed by atoms with Crippen molar-refractivity contribution in [1.82, 2.24) is 14.8 Å². The Balaban J connectivity index is 2.35. The summed E-state index contributed by atoms with van der Waals surface area (Å²) in [5, 5.41) is 4.85. The average Bonchev–Trinajstić information content (AvgIpc) is 2.75. The van der Waals surface area contributed by atoms with Crippen LogP contribution in [0, 0.1) is 0 Å². The number of hydrogen-bond acceptors (Lipinski definition) is 4. The summed E-state index contributed by atoms with van der Waals surface area (Å²) in [4.78, 5) is 16.0. The van der Waals surface area contributed by atoms with Gasteiger partial charge in [0.25, 0.3) is 5.91 Å². The summed E-state index contributed by atoms with van der Waals surface area (Å²) in [6, 6.07) is 2.90. The summed E-state index contributed by atoms with van der Waals surface area (Å²) in [7, 11) is 2.55. The molecule has 2 aromatic heterocycles. The normalized spacial score (nSPS) is 11.4. The molecule has 0 spiro atoms. The third kappa shape index (κ3) is 2.98. The minimum atomic E-state index is -4.72. The number of halogens is 4. The Hall–Kier alpha value is -2.29. The van der Waals surface area contributed by atoms with Crippen LogP contribution in [0.15, 0.2) is 18.3 Å². The maximum Gasteiger partial charge on any atom is 0.436 e. The number of pyridine rings is 1. The number of aromatic nitrogens is 3. The number of anilines is 1. The third-order valence-electron chi connectivity index (χ3n) is 2.70. The summed E-state index contributed by atoms with van der Waals surface area (Å²) in [5.74, 6) is -0.956. The zero-order chi connectivity index (χ0) is 16.5. The van der Waals surface area contributed by atoms with Crippen molar-refractivity contribution in [3.63, 3.8) is 0 Å². The van der Waals surface area contributed by atoms with Gasteiger partial charge in [-0.25, -0.2) is 4.98 Å². The molecule has 2 rings (SSSR count). The van der Waals surface area contributed by atoms with Crippen LogP contribution in [0.3, 0.4) is 0 Å². The topological polar surface area (TPSA) is 69.0 Å². The van der Waals surface area contributed by atoms with Crippen molar-refractivity contribution in [3.05, 3.63) is 34.6 Å². The Morgan fingerprint density at radius 1 is 1.45 bits per heavy atom. The van der Waals surface area contributed by atoms with Gasteiger partial charge in [-0.3, -0.25) is 9.48 Å². The highest BCUT2D eigenvalue weighted by Crippen LogP contribution is 2.37. The highest BCUT2D eigenvalue weighted by atomic mass is 35.5. The van der Waals surface area contributed by atoms with Crippen molar-refractivity contribution >= 4 is 23.3 Å². The number of ether oxygens (including phenoxy) is 1. The van der Waals surface area contributed by atoms with E-state index in [9.17, 15) is 18.0 Å². The molecule has 2 heterocycles. The molecule has 0 bridgehead atoms. The van der Waals surface area contributed by atoms with E-state index in [1.54, 1.807) is 0 Å². The highest BCUT2D eigenvalue weighted by Gasteiger charge is 2.39. The van der Waals surface area contributed by atoms with Gasteiger partial charge in [0.2, 0.25) is 5.88 Å². The number of carbonyl (C=O) groups excluding carboxylic acids is 1. The van der Waals surface area contributed by atoms with E-state index in [0.717, 1.165) is 4.68 Å². The van der Waals surface area contributed by atoms with Crippen molar-refractivity contribution in [2.75, 3.05) is 12.4 Å². The van der Waals surface area contributed by atoms with E-state index in [1.807, 2.05) is 0 Å². The van der Waals surface area contributed by atoms with Crippen LogP contribution < -0.4 is 10.1 Å².